The molecule has 3 amide bonds. The Balaban J connectivity index is 0.000000147. The molecule has 0 aliphatic carbocycles. The molecule has 0 bridgehead atoms. The van der Waals surface area contributed by atoms with Crippen molar-refractivity contribution in [2.75, 3.05) is 95.1 Å². The van der Waals surface area contributed by atoms with E-state index in [1.807, 2.05) is 161 Å². The molecule has 6 aromatic carbocycles. The zero-order chi connectivity index (χ0) is 90.4. The summed E-state index contributed by atoms with van der Waals surface area (Å²) in [6.45, 7) is 14.4. The molecule has 0 saturated carbocycles. The van der Waals surface area contributed by atoms with Crippen LogP contribution in [0.15, 0.2) is 225 Å². The van der Waals surface area contributed by atoms with Crippen LogP contribution in [0, 0.1) is 0 Å². The fourth-order valence-corrected chi connectivity index (χ4v) is 19.3. The minimum absolute atomic E-state index is 0.107. The lowest BCUT2D eigenvalue weighted by Crippen LogP contribution is -2.49. The van der Waals surface area contributed by atoms with Crippen molar-refractivity contribution in [3.63, 3.8) is 0 Å². The number of nitrogens with two attached hydrogens (primary N) is 4. The lowest BCUT2D eigenvalue weighted by molar-refractivity contribution is -0.130. The van der Waals surface area contributed by atoms with E-state index in [-0.39, 0.29) is 29.3 Å². The van der Waals surface area contributed by atoms with Gasteiger partial charge in [0.1, 0.15) is 41.4 Å². The first-order valence-electron chi connectivity index (χ1n) is 42.1. The van der Waals surface area contributed by atoms with Crippen LogP contribution in [0.2, 0.25) is 20.1 Å². The molecule has 0 radical (unpaired) electrons. The number of ether oxygens (including phenoxy) is 2. The van der Waals surface area contributed by atoms with Gasteiger partial charge in [-0.1, -0.05) is 143 Å². The fraction of sp³-hybridized carbons (Fsp3) is 0.250. The van der Waals surface area contributed by atoms with Crippen molar-refractivity contribution < 1.29 is 33.4 Å². The molecule has 0 spiro atoms. The van der Waals surface area contributed by atoms with Crippen LogP contribution in [0.4, 0.5) is 23.3 Å². The molecule has 16 rings (SSSR count). The summed E-state index contributed by atoms with van der Waals surface area (Å²) in [5, 5.41) is 29.6. The summed E-state index contributed by atoms with van der Waals surface area (Å²) in [4.78, 5) is 93.2. The Labute approximate surface area is 784 Å². The molecule has 9 aromatic heterocycles. The van der Waals surface area contributed by atoms with Gasteiger partial charge < -0.3 is 73.8 Å². The van der Waals surface area contributed by atoms with Crippen molar-refractivity contribution in [1.82, 2.24) is 71.2 Å². The number of nitrogens with one attached hydrogen (secondary N) is 6. The molecule has 668 valence electrons. The highest BCUT2D eigenvalue weighted by Crippen LogP contribution is 2.34. The number of hydrogen-bond donors (Lipinski definition) is 10. The number of rotatable bonds is 37. The third kappa shape index (κ3) is 28.2. The number of hydrogen-bond acceptors (Lipinski definition) is 25. The van der Waals surface area contributed by atoms with E-state index in [4.69, 9.17) is 78.8 Å². The zero-order valence-corrected chi connectivity index (χ0v) is 77.3. The van der Waals surface area contributed by atoms with E-state index >= 15 is 0 Å². The van der Waals surface area contributed by atoms with Gasteiger partial charge in [-0.25, -0.2) is 24.9 Å². The van der Waals surface area contributed by atoms with Gasteiger partial charge in [-0.3, -0.25) is 28.9 Å². The number of amides is 3. The van der Waals surface area contributed by atoms with Gasteiger partial charge in [0.05, 0.1) is 52.5 Å². The van der Waals surface area contributed by atoms with Gasteiger partial charge in [0.2, 0.25) is 5.91 Å². The smallest absolute Gasteiger partial charge is 0.261 e. The van der Waals surface area contributed by atoms with Crippen molar-refractivity contribution in [3.05, 3.63) is 307 Å². The van der Waals surface area contributed by atoms with Gasteiger partial charge in [0.25, 0.3) is 11.8 Å². The molecule has 129 heavy (non-hydrogen) atoms. The number of carbonyl (C=O) groups excluding carboxylic acids is 5. The Bertz CT molecular complexity index is 6270. The zero-order valence-electron chi connectivity index (χ0n) is 71.0. The average Bonchev–Trinajstić information content (AvgIpc) is 1.42. The predicted molar refractivity (Wildman–Crippen MR) is 526 cm³/mol. The van der Waals surface area contributed by atoms with Crippen LogP contribution in [0.5, 0.6) is 11.5 Å². The number of nitrogen functional groups attached to an aromatic ring is 4. The molecule has 10 heterocycles. The second kappa shape index (κ2) is 48.2. The van der Waals surface area contributed by atoms with E-state index in [9.17, 15) is 24.0 Å². The second-order valence-corrected chi connectivity index (χ2v) is 36.5. The van der Waals surface area contributed by atoms with E-state index in [0.29, 0.717) is 148 Å². The number of imidazole rings is 1. The number of para-hydroxylation sites is 2. The average molecular weight is 1890 g/mol. The normalized spacial score (nSPS) is 12.0. The molecule has 14 N–H and O–H groups in total. The monoisotopic (exact) mass is 1880 g/mol. The first-order valence-corrected chi connectivity index (χ1v) is 46.9. The van der Waals surface area contributed by atoms with Crippen LogP contribution in [-0.2, 0) is 63.4 Å². The van der Waals surface area contributed by atoms with Gasteiger partial charge in [0.15, 0.2) is 11.6 Å². The summed E-state index contributed by atoms with van der Waals surface area (Å²) in [6.07, 6.45) is 15.3. The molecule has 1 saturated heterocycles. The number of aromatic nitrogens is 6. The number of anilines is 4. The summed E-state index contributed by atoms with van der Waals surface area (Å²) in [5.74, 6) is 3.84. The maximum atomic E-state index is 12.8. The maximum absolute atomic E-state index is 12.8. The molecule has 1 fully saturated rings. The fourth-order valence-electron chi connectivity index (χ4n) is 14.1. The molecule has 33 heteroatoms. The van der Waals surface area contributed by atoms with Crippen LogP contribution in [0.3, 0.4) is 0 Å². The van der Waals surface area contributed by atoms with E-state index < -0.39 is 0 Å². The first-order chi connectivity index (χ1) is 62.7. The van der Waals surface area contributed by atoms with Crippen LogP contribution in [-0.4, -0.2) is 141 Å². The Kier molecular flexibility index (Phi) is 35.5. The van der Waals surface area contributed by atoms with Gasteiger partial charge in [-0.15, -0.1) is 45.3 Å². The molecular formula is C96H100Cl4N18O7S4. The van der Waals surface area contributed by atoms with Gasteiger partial charge in [0, 0.05) is 196 Å². The van der Waals surface area contributed by atoms with Gasteiger partial charge in [-0.05, 0) is 155 Å². The second-order valence-electron chi connectivity index (χ2n) is 30.3. The number of thiophene rings is 4. The summed E-state index contributed by atoms with van der Waals surface area (Å²) in [7, 11) is 0. The number of fused-ring (bicyclic) bond motifs is 4. The Hall–Kier alpha value is -11.5. The van der Waals surface area contributed by atoms with E-state index in [1.165, 1.54) is 45.3 Å². The topological polar surface area (TPSA) is 356 Å². The largest absolute Gasteiger partial charge is 0.494 e. The van der Waals surface area contributed by atoms with Gasteiger partial charge >= 0.3 is 0 Å². The Morgan fingerprint density at radius 2 is 0.775 bits per heavy atom. The SMILES string of the molecule is CC(=O)N1CCN(CCNCc2sc(C(=O)CCc3ccc4c(N)nccc4c3)cc2Cl)CC1.Nc1nccc2cc(CCC(=O)c3cc(Cl)c(CNCCn4ccnc4)s3)ccc12.Nc1nccc2cc(CNC(=O)c3cc(Cl)c(CNCCCOc4ccccc4)s3)ccc12.Nc1nccc2cc(CNC(=O)c3cc(Cl)c(CNCCOc4ccccc4)s3)ccc12. The number of pyridine rings is 4. The van der Waals surface area contributed by atoms with Crippen molar-refractivity contribution in [3.8, 4) is 11.5 Å². The predicted octanol–water partition coefficient (Wildman–Crippen LogP) is 17.6. The molecule has 1 aliphatic rings. The number of piperazine rings is 1. The molecule has 1 aliphatic heterocycles. The third-order valence-electron chi connectivity index (χ3n) is 21.1. The van der Waals surface area contributed by atoms with Crippen molar-refractivity contribution in [2.24, 2.45) is 0 Å². The minimum atomic E-state index is -0.148. The lowest BCUT2D eigenvalue weighted by Gasteiger charge is -2.34. The minimum Gasteiger partial charge on any atom is -0.494 e. The molecule has 15 aromatic rings. The maximum Gasteiger partial charge on any atom is 0.261 e. The van der Waals surface area contributed by atoms with Crippen molar-refractivity contribution >= 4 is 187 Å². The van der Waals surface area contributed by atoms with Crippen LogP contribution in [0.25, 0.3) is 43.1 Å². The Morgan fingerprint density at radius 3 is 1.19 bits per heavy atom. The number of carbonyl (C=O) groups is 5. The number of nitrogens with zero attached hydrogens (tertiary/aromatic N) is 8. The number of ketones is 2. The van der Waals surface area contributed by atoms with Crippen molar-refractivity contribution in [2.45, 2.75) is 84.8 Å². The highest BCUT2D eigenvalue weighted by molar-refractivity contribution is 7.15. The molecule has 25 nitrogen and oxygen atoms in total. The summed E-state index contributed by atoms with van der Waals surface area (Å²) < 4.78 is 13.4. The van der Waals surface area contributed by atoms with E-state index in [0.717, 1.165) is 162 Å². The highest BCUT2D eigenvalue weighted by atomic mass is 35.5. The molecule has 0 unspecified atom stereocenters. The summed E-state index contributed by atoms with van der Waals surface area (Å²) in [5.41, 5.74) is 27.8. The van der Waals surface area contributed by atoms with Crippen LogP contribution in [0.1, 0.15) is 107 Å². The van der Waals surface area contributed by atoms with Crippen molar-refractivity contribution in [1.29, 1.82) is 0 Å². The summed E-state index contributed by atoms with van der Waals surface area (Å²) in [6, 6.07) is 57.9. The standard InChI is InChI=1S/C25H30ClN5O2S.C25H25ClN4O2S.C24H23ClN4O2S.C22H22ClN5OS/c1-17(32)31-12-10-30(11-13-31)9-8-28-16-24-21(26)15-23(34-24)22(33)5-3-18-2-4-20-19(14-18)6-7-29-25(20)27;26-21-14-22(33-23(21)16-28-10-4-12-32-19-5-2-1-3-6-19)25(31)30-15-17-7-8-20-18(13-17)9-11-29-24(20)27;25-20-13-21(32-22(20)15-27-10-11-31-18-4-2-1-3-5-18)24(30)29-14-16-6-7-19-17(12-16)8-9-28-23(19)26;23-18-12-20(30-21(18)13-25-7-9-28-10-8-26-14-28)19(29)4-2-15-1-3-17-16(11-15)5-6-27-22(17)24/h2,4,6-7,14-15,28H,3,5,8-13,16H2,1H3,(H2,27,29);1-3,5-9,11,13-14,28H,4,10,12,15-16H2,(H2,27,29)(H,30,31);1-9,12-13,27H,10-11,14-15H2,(H2,26,28)(H,29,30);1,3,5-6,8,10-12,14,25H,2,4,7,9,13H2,(H2,24,27). The first kappa shape index (κ1) is 95.1. The number of benzene rings is 6. The lowest BCUT2D eigenvalue weighted by atomic mass is 10.0. The quantitative estimate of drug-likeness (QED) is 0.0128. The Morgan fingerprint density at radius 1 is 0.403 bits per heavy atom. The van der Waals surface area contributed by atoms with Gasteiger partial charge in [-0.2, -0.15) is 0 Å². The van der Waals surface area contributed by atoms with Crippen LogP contribution < -0.4 is 64.3 Å². The van der Waals surface area contributed by atoms with E-state index in [1.54, 1.807) is 68.5 Å². The number of aryl methyl sites for hydroxylation is 2. The highest BCUT2D eigenvalue weighted by Gasteiger charge is 2.22. The number of halogens is 4. The molecular weight excluding hydrogens is 1790 g/mol. The number of Topliss-reactive ketones (excluding diaryl/α,β-unsaturated/α-hetero) is 2. The van der Waals surface area contributed by atoms with E-state index in [2.05, 4.69) is 73.9 Å². The van der Waals surface area contributed by atoms with Crippen LogP contribution >= 0.6 is 91.8 Å². The third-order valence-corrected chi connectivity index (χ3v) is 27.5. The summed E-state index contributed by atoms with van der Waals surface area (Å²) >= 11 is 31.2. The molecule has 0 atom stereocenters.